The van der Waals surface area contributed by atoms with Crippen molar-refractivity contribution in [2.45, 2.75) is 13.3 Å². The van der Waals surface area contributed by atoms with E-state index in [2.05, 4.69) is 61.6 Å². The van der Waals surface area contributed by atoms with Crippen LogP contribution in [0.4, 0.5) is 0 Å². The summed E-state index contributed by atoms with van der Waals surface area (Å²) in [6, 6.07) is 8.62. The molecule has 0 unspecified atom stereocenters. The minimum Gasteiger partial charge on any atom is -0.0801 e. The van der Waals surface area contributed by atoms with Gasteiger partial charge in [-0.25, -0.2) is 0 Å². The third kappa shape index (κ3) is 2.23. The molecular formula is C14H14. The minimum absolute atomic E-state index is 1.05. The van der Waals surface area contributed by atoms with Crippen LogP contribution in [-0.2, 0) is 0 Å². The summed E-state index contributed by atoms with van der Waals surface area (Å²) in [6.45, 7) is 2.11. The first-order chi connectivity index (χ1) is 6.84. The molecule has 0 amide bonds. The summed E-state index contributed by atoms with van der Waals surface area (Å²) in [4.78, 5) is 0. The van der Waals surface area contributed by atoms with Gasteiger partial charge in [0.15, 0.2) is 0 Å². The Kier molecular flexibility index (Phi) is 2.64. The van der Waals surface area contributed by atoms with Crippen molar-refractivity contribution in [2.24, 2.45) is 0 Å². The van der Waals surface area contributed by atoms with Gasteiger partial charge in [-0.2, -0.15) is 0 Å². The van der Waals surface area contributed by atoms with E-state index in [1.807, 2.05) is 0 Å². The lowest BCUT2D eigenvalue weighted by molar-refractivity contribution is 1.28. The van der Waals surface area contributed by atoms with Crippen molar-refractivity contribution in [3.8, 4) is 0 Å². The maximum absolute atomic E-state index is 2.24. The maximum atomic E-state index is 2.24. The summed E-state index contributed by atoms with van der Waals surface area (Å²) >= 11 is 0. The van der Waals surface area contributed by atoms with Crippen LogP contribution < -0.4 is 0 Å². The Balaban J connectivity index is 2.21. The lowest BCUT2D eigenvalue weighted by Crippen LogP contribution is -1.81. The number of hydrogen-bond acceptors (Lipinski definition) is 0. The van der Waals surface area contributed by atoms with Gasteiger partial charge in [-0.05, 0) is 24.5 Å². The fourth-order valence-electron chi connectivity index (χ4n) is 1.51. The maximum Gasteiger partial charge on any atom is -0.00941 e. The van der Waals surface area contributed by atoms with E-state index in [1.165, 1.54) is 16.7 Å². The van der Waals surface area contributed by atoms with Gasteiger partial charge in [0.2, 0.25) is 0 Å². The average molecular weight is 182 g/mol. The van der Waals surface area contributed by atoms with Gasteiger partial charge in [-0.1, -0.05) is 60.2 Å². The standard InChI is InChI=1S/C14H14/c1-12-7-9-14(10-8-12)11-13-5-3-2-4-6-13/h2-5,7-11H,6H2,1H3/b13-11+. The molecule has 1 aromatic carbocycles. The first-order valence-corrected chi connectivity index (χ1v) is 4.95. The molecule has 0 aromatic heterocycles. The molecule has 1 aliphatic carbocycles. The largest absolute Gasteiger partial charge is 0.0801 e. The number of rotatable bonds is 1. The zero-order chi connectivity index (χ0) is 9.80. The lowest BCUT2D eigenvalue weighted by atomic mass is 10.0. The molecule has 0 saturated heterocycles. The zero-order valence-corrected chi connectivity index (χ0v) is 8.40. The highest BCUT2D eigenvalue weighted by Gasteiger charge is 1.94. The van der Waals surface area contributed by atoms with Gasteiger partial charge in [0.1, 0.15) is 0 Å². The Morgan fingerprint density at radius 1 is 1.07 bits per heavy atom. The average Bonchev–Trinajstić information content (AvgIpc) is 2.23. The number of allylic oxidation sites excluding steroid dienone is 5. The van der Waals surface area contributed by atoms with Crippen LogP contribution in [0.2, 0.25) is 0 Å². The molecule has 1 aromatic rings. The van der Waals surface area contributed by atoms with Crippen LogP contribution in [0.1, 0.15) is 17.5 Å². The highest BCUT2D eigenvalue weighted by atomic mass is 14.0. The lowest BCUT2D eigenvalue weighted by Gasteiger charge is -2.02. The molecule has 0 bridgehead atoms. The second-order valence-corrected chi connectivity index (χ2v) is 3.62. The van der Waals surface area contributed by atoms with Gasteiger partial charge >= 0.3 is 0 Å². The van der Waals surface area contributed by atoms with E-state index in [4.69, 9.17) is 0 Å². The highest BCUT2D eigenvalue weighted by Crippen LogP contribution is 2.15. The second kappa shape index (κ2) is 4.10. The summed E-state index contributed by atoms with van der Waals surface area (Å²) in [5, 5.41) is 0. The fourth-order valence-corrected chi connectivity index (χ4v) is 1.51. The van der Waals surface area contributed by atoms with Crippen LogP contribution in [0.25, 0.3) is 6.08 Å². The third-order valence-corrected chi connectivity index (χ3v) is 2.34. The molecule has 70 valence electrons. The molecule has 2 rings (SSSR count). The van der Waals surface area contributed by atoms with Gasteiger partial charge in [-0.15, -0.1) is 0 Å². The Morgan fingerprint density at radius 2 is 1.86 bits per heavy atom. The molecule has 0 saturated carbocycles. The van der Waals surface area contributed by atoms with E-state index in [0.29, 0.717) is 0 Å². The molecule has 0 nitrogen and oxygen atoms in total. The molecule has 14 heavy (non-hydrogen) atoms. The van der Waals surface area contributed by atoms with Crippen LogP contribution >= 0.6 is 0 Å². The van der Waals surface area contributed by atoms with E-state index in [-0.39, 0.29) is 0 Å². The van der Waals surface area contributed by atoms with Crippen molar-refractivity contribution in [3.05, 3.63) is 65.3 Å². The van der Waals surface area contributed by atoms with Gasteiger partial charge < -0.3 is 0 Å². The summed E-state index contributed by atoms with van der Waals surface area (Å²) in [5.41, 5.74) is 3.97. The Morgan fingerprint density at radius 3 is 2.50 bits per heavy atom. The Labute approximate surface area is 85.3 Å². The van der Waals surface area contributed by atoms with E-state index >= 15 is 0 Å². The van der Waals surface area contributed by atoms with Crippen molar-refractivity contribution < 1.29 is 0 Å². The first kappa shape index (κ1) is 9.01. The van der Waals surface area contributed by atoms with Crippen LogP contribution in [0, 0.1) is 6.92 Å². The number of hydrogen-bond donors (Lipinski definition) is 0. The van der Waals surface area contributed by atoms with Gasteiger partial charge in [0.25, 0.3) is 0 Å². The van der Waals surface area contributed by atoms with Gasteiger partial charge in [-0.3, -0.25) is 0 Å². The number of aryl methyl sites for hydroxylation is 1. The predicted octanol–water partition coefficient (Wildman–Crippen LogP) is 3.89. The smallest absolute Gasteiger partial charge is 0.00941 e. The van der Waals surface area contributed by atoms with Gasteiger partial charge in [0, 0.05) is 0 Å². The summed E-state index contributed by atoms with van der Waals surface area (Å²) < 4.78 is 0. The van der Waals surface area contributed by atoms with Crippen LogP contribution in [0.3, 0.4) is 0 Å². The van der Waals surface area contributed by atoms with E-state index < -0.39 is 0 Å². The molecule has 0 heterocycles. The molecule has 0 N–H and O–H groups in total. The monoisotopic (exact) mass is 182 g/mol. The van der Waals surface area contributed by atoms with Crippen molar-refractivity contribution in [1.29, 1.82) is 0 Å². The molecule has 0 fully saturated rings. The molecule has 1 aliphatic rings. The Bertz CT molecular complexity index is 389. The van der Waals surface area contributed by atoms with E-state index in [9.17, 15) is 0 Å². The van der Waals surface area contributed by atoms with Crippen molar-refractivity contribution in [1.82, 2.24) is 0 Å². The second-order valence-electron chi connectivity index (χ2n) is 3.62. The van der Waals surface area contributed by atoms with E-state index in [0.717, 1.165) is 6.42 Å². The van der Waals surface area contributed by atoms with Crippen molar-refractivity contribution in [3.63, 3.8) is 0 Å². The topological polar surface area (TPSA) is 0 Å². The van der Waals surface area contributed by atoms with Gasteiger partial charge in [0.05, 0.1) is 0 Å². The quantitative estimate of drug-likeness (QED) is 0.618. The highest BCUT2D eigenvalue weighted by molar-refractivity contribution is 5.57. The predicted molar refractivity (Wildman–Crippen MR) is 62.1 cm³/mol. The summed E-state index contributed by atoms with van der Waals surface area (Å²) in [7, 11) is 0. The van der Waals surface area contributed by atoms with Crippen LogP contribution in [-0.4, -0.2) is 0 Å². The van der Waals surface area contributed by atoms with Crippen molar-refractivity contribution in [2.75, 3.05) is 0 Å². The first-order valence-electron chi connectivity index (χ1n) is 4.95. The molecular weight excluding hydrogens is 168 g/mol. The van der Waals surface area contributed by atoms with Crippen LogP contribution in [0.15, 0.2) is 54.1 Å². The molecule has 0 aliphatic heterocycles. The molecule has 0 spiro atoms. The minimum atomic E-state index is 1.05. The number of benzene rings is 1. The van der Waals surface area contributed by atoms with Crippen molar-refractivity contribution >= 4 is 6.08 Å². The third-order valence-electron chi connectivity index (χ3n) is 2.34. The van der Waals surface area contributed by atoms with Crippen LogP contribution in [0.5, 0.6) is 0 Å². The summed E-state index contributed by atoms with van der Waals surface area (Å²) in [6.07, 6.45) is 11.8. The Hall–Kier alpha value is -1.56. The SMILES string of the molecule is Cc1ccc(/C=C2\C=CC=CC2)cc1. The molecule has 0 atom stereocenters. The normalized spacial score (nSPS) is 17.6. The fraction of sp³-hybridized carbons (Fsp3) is 0.143. The molecule has 0 radical (unpaired) electrons. The zero-order valence-electron chi connectivity index (χ0n) is 8.40. The van der Waals surface area contributed by atoms with E-state index in [1.54, 1.807) is 0 Å². The molecule has 0 heteroatoms. The summed E-state index contributed by atoms with van der Waals surface area (Å²) in [5.74, 6) is 0.